The van der Waals surface area contributed by atoms with Crippen molar-refractivity contribution in [2.24, 2.45) is 0 Å². The number of nitrogens with one attached hydrogen (secondary N) is 1. The lowest BCUT2D eigenvalue weighted by atomic mass is 10.2. The molecule has 4 nitrogen and oxygen atoms in total. The summed E-state index contributed by atoms with van der Waals surface area (Å²) in [6.45, 7) is 3.05. The van der Waals surface area contributed by atoms with Gasteiger partial charge >= 0.3 is 0 Å². The summed E-state index contributed by atoms with van der Waals surface area (Å²) in [6, 6.07) is 13.1. The Labute approximate surface area is 145 Å². The van der Waals surface area contributed by atoms with Crippen molar-refractivity contribution >= 4 is 23.2 Å². The molecule has 0 unspecified atom stereocenters. The van der Waals surface area contributed by atoms with Crippen molar-refractivity contribution < 1.29 is 9.18 Å². The fraction of sp³-hybridized carbons (Fsp3) is 0.222. The van der Waals surface area contributed by atoms with Gasteiger partial charge in [0.1, 0.15) is 11.9 Å². The SMILES string of the molecule is CCN(CC(=O)NCc1ccc(F)cc1)c1ccc(C#N)c(Cl)c1. The normalized spacial score (nSPS) is 10.1. The average Bonchev–Trinajstić information content (AvgIpc) is 2.59. The second-order valence-electron chi connectivity index (χ2n) is 5.19. The average molecular weight is 346 g/mol. The number of nitriles is 1. The fourth-order valence-electron chi connectivity index (χ4n) is 2.21. The molecular weight excluding hydrogens is 329 g/mol. The lowest BCUT2D eigenvalue weighted by Gasteiger charge is -2.23. The quantitative estimate of drug-likeness (QED) is 0.871. The number of carbonyl (C=O) groups is 1. The first-order chi connectivity index (χ1) is 11.5. The number of halogens is 2. The molecule has 0 aromatic heterocycles. The van der Waals surface area contributed by atoms with E-state index in [0.29, 0.717) is 23.7 Å². The number of hydrogen-bond acceptors (Lipinski definition) is 3. The van der Waals surface area contributed by atoms with E-state index in [4.69, 9.17) is 16.9 Å². The number of nitrogens with zero attached hydrogens (tertiary/aromatic N) is 2. The molecule has 0 aliphatic rings. The highest BCUT2D eigenvalue weighted by molar-refractivity contribution is 6.32. The summed E-state index contributed by atoms with van der Waals surface area (Å²) in [7, 11) is 0. The second-order valence-corrected chi connectivity index (χ2v) is 5.60. The van der Waals surface area contributed by atoms with E-state index in [9.17, 15) is 9.18 Å². The lowest BCUT2D eigenvalue weighted by Crippen LogP contribution is -2.37. The van der Waals surface area contributed by atoms with Crippen LogP contribution in [-0.4, -0.2) is 19.0 Å². The van der Waals surface area contributed by atoms with E-state index in [2.05, 4.69) is 5.32 Å². The predicted molar refractivity (Wildman–Crippen MR) is 92.3 cm³/mol. The maximum atomic E-state index is 12.9. The van der Waals surface area contributed by atoms with Crippen LogP contribution in [0.1, 0.15) is 18.1 Å². The number of amides is 1. The Bertz CT molecular complexity index is 756. The Balaban J connectivity index is 1.96. The Morgan fingerprint density at radius 3 is 2.58 bits per heavy atom. The van der Waals surface area contributed by atoms with Crippen molar-refractivity contribution in [3.8, 4) is 6.07 Å². The van der Waals surface area contributed by atoms with Crippen molar-refractivity contribution in [2.45, 2.75) is 13.5 Å². The summed E-state index contributed by atoms with van der Waals surface area (Å²) in [5.74, 6) is -0.457. The predicted octanol–water partition coefficient (Wildman–Crippen LogP) is 3.49. The number of benzene rings is 2. The van der Waals surface area contributed by atoms with Crippen LogP contribution in [0.2, 0.25) is 5.02 Å². The molecule has 0 atom stereocenters. The van der Waals surface area contributed by atoms with Gasteiger partial charge in [0.15, 0.2) is 0 Å². The standard InChI is InChI=1S/C18H17ClFN3O/c1-2-23(16-8-5-14(10-21)17(19)9-16)12-18(24)22-11-13-3-6-15(20)7-4-13/h3-9H,2,11-12H2,1H3,(H,22,24). The number of carbonyl (C=O) groups excluding carboxylic acids is 1. The van der Waals surface area contributed by atoms with E-state index >= 15 is 0 Å². The molecule has 0 saturated heterocycles. The summed E-state index contributed by atoms with van der Waals surface area (Å²) in [5, 5.41) is 12.1. The molecule has 0 aliphatic carbocycles. The van der Waals surface area contributed by atoms with Crippen LogP contribution in [0.25, 0.3) is 0 Å². The minimum Gasteiger partial charge on any atom is -0.362 e. The van der Waals surface area contributed by atoms with Gasteiger partial charge in [-0.3, -0.25) is 4.79 Å². The van der Waals surface area contributed by atoms with Gasteiger partial charge in [-0.15, -0.1) is 0 Å². The van der Waals surface area contributed by atoms with E-state index in [1.807, 2.05) is 17.9 Å². The molecule has 2 aromatic rings. The third kappa shape index (κ3) is 4.71. The topological polar surface area (TPSA) is 56.1 Å². The molecule has 0 fully saturated rings. The summed E-state index contributed by atoms with van der Waals surface area (Å²) in [6.07, 6.45) is 0. The maximum absolute atomic E-state index is 12.9. The summed E-state index contributed by atoms with van der Waals surface area (Å²) in [4.78, 5) is 14.0. The van der Waals surface area contributed by atoms with Gasteiger partial charge in [0.2, 0.25) is 5.91 Å². The van der Waals surface area contributed by atoms with Crippen LogP contribution in [0, 0.1) is 17.1 Å². The smallest absolute Gasteiger partial charge is 0.239 e. The first kappa shape index (κ1) is 17.8. The van der Waals surface area contributed by atoms with Crippen molar-refractivity contribution in [1.29, 1.82) is 5.26 Å². The zero-order valence-electron chi connectivity index (χ0n) is 13.2. The summed E-state index contributed by atoms with van der Waals surface area (Å²) >= 11 is 6.04. The molecule has 0 aliphatic heterocycles. The van der Waals surface area contributed by atoms with E-state index < -0.39 is 0 Å². The monoisotopic (exact) mass is 345 g/mol. The van der Waals surface area contributed by atoms with Gasteiger partial charge in [0.25, 0.3) is 0 Å². The molecule has 1 N–H and O–H groups in total. The highest BCUT2D eigenvalue weighted by Gasteiger charge is 2.11. The maximum Gasteiger partial charge on any atom is 0.239 e. The molecule has 1 amide bonds. The van der Waals surface area contributed by atoms with Gasteiger partial charge in [-0.25, -0.2) is 4.39 Å². The van der Waals surface area contributed by atoms with Gasteiger partial charge in [0.05, 0.1) is 17.1 Å². The molecule has 124 valence electrons. The van der Waals surface area contributed by atoms with Gasteiger partial charge < -0.3 is 10.2 Å². The van der Waals surface area contributed by atoms with Gasteiger partial charge in [-0.2, -0.15) is 5.26 Å². The number of rotatable bonds is 6. The van der Waals surface area contributed by atoms with Crippen LogP contribution < -0.4 is 10.2 Å². The molecule has 6 heteroatoms. The molecule has 0 saturated carbocycles. The zero-order chi connectivity index (χ0) is 17.5. The Morgan fingerprint density at radius 1 is 1.29 bits per heavy atom. The minimum atomic E-state index is -0.306. The van der Waals surface area contributed by atoms with Crippen LogP contribution in [0.5, 0.6) is 0 Å². The summed E-state index contributed by atoms with van der Waals surface area (Å²) < 4.78 is 12.9. The first-order valence-corrected chi connectivity index (χ1v) is 7.87. The van der Waals surface area contributed by atoms with Crippen LogP contribution in [-0.2, 0) is 11.3 Å². The Morgan fingerprint density at radius 2 is 2.00 bits per heavy atom. The van der Waals surface area contributed by atoms with Crippen molar-refractivity contribution in [2.75, 3.05) is 18.0 Å². The third-order valence-corrected chi connectivity index (χ3v) is 3.87. The van der Waals surface area contributed by atoms with Crippen LogP contribution in [0.15, 0.2) is 42.5 Å². The first-order valence-electron chi connectivity index (χ1n) is 7.49. The molecular formula is C18H17ClFN3O. The van der Waals surface area contributed by atoms with Crippen molar-refractivity contribution in [3.05, 3.63) is 64.4 Å². The Kier molecular flexibility index (Phi) is 6.16. The molecule has 0 radical (unpaired) electrons. The molecule has 0 bridgehead atoms. The van der Waals surface area contributed by atoms with Crippen LogP contribution in [0.3, 0.4) is 0 Å². The van der Waals surface area contributed by atoms with E-state index in [-0.39, 0.29) is 18.3 Å². The molecule has 2 aromatic carbocycles. The largest absolute Gasteiger partial charge is 0.362 e. The second kappa shape index (κ2) is 8.32. The lowest BCUT2D eigenvalue weighted by molar-refractivity contribution is -0.119. The van der Waals surface area contributed by atoms with Crippen molar-refractivity contribution in [3.63, 3.8) is 0 Å². The number of anilines is 1. The van der Waals surface area contributed by atoms with E-state index in [1.54, 1.807) is 30.3 Å². The number of likely N-dealkylation sites (N-methyl/N-ethyl adjacent to an activating group) is 1. The fourth-order valence-corrected chi connectivity index (χ4v) is 2.43. The van der Waals surface area contributed by atoms with E-state index in [1.165, 1.54) is 12.1 Å². The molecule has 2 rings (SSSR count). The van der Waals surface area contributed by atoms with Gasteiger partial charge in [0, 0.05) is 18.8 Å². The van der Waals surface area contributed by atoms with Crippen LogP contribution in [0.4, 0.5) is 10.1 Å². The minimum absolute atomic E-state index is 0.151. The van der Waals surface area contributed by atoms with E-state index in [0.717, 1.165) is 11.3 Å². The Hall–Kier alpha value is -2.58. The highest BCUT2D eigenvalue weighted by Crippen LogP contribution is 2.23. The van der Waals surface area contributed by atoms with Gasteiger partial charge in [-0.1, -0.05) is 23.7 Å². The molecule has 24 heavy (non-hydrogen) atoms. The van der Waals surface area contributed by atoms with Crippen molar-refractivity contribution in [1.82, 2.24) is 5.32 Å². The van der Waals surface area contributed by atoms with Gasteiger partial charge in [-0.05, 0) is 42.8 Å². The summed E-state index contributed by atoms with van der Waals surface area (Å²) in [5.41, 5.74) is 2.00. The third-order valence-electron chi connectivity index (χ3n) is 3.56. The van der Waals surface area contributed by atoms with Crippen LogP contribution >= 0.6 is 11.6 Å². The molecule has 0 heterocycles. The zero-order valence-corrected chi connectivity index (χ0v) is 14.0. The molecule has 0 spiro atoms. The highest BCUT2D eigenvalue weighted by atomic mass is 35.5. The number of hydrogen-bond donors (Lipinski definition) is 1.